The first-order valence-corrected chi connectivity index (χ1v) is 4.02. The fourth-order valence-corrected chi connectivity index (χ4v) is 0.906. The van der Waals surface area contributed by atoms with Gasteiger partial charge in [0.25, 0.3) is 0 Å². The summed E-state index contributed by atoms with van der Waals surface area (Å²) in [6.45, 7) is -0.105. The predicted molar refractivity (Wildman–Crippen MR) is 50.5 cm³/mol. The number of aliphatic hydroxyl groups excluding tert-OH is 1. The Labute approximate surface area is 76.5 Å². The fraction of sp³-hybridized carbons (Fsp3) is 0.200. The minimum atomic E-state index is -0.386. The number of rotatable bonds is 3. The Balaban J connectivity index is 2.68. The summed E-state index contributed by atoms with van der Waals surface area (Å²) in [6, 6.07) is 5.79. The van der Waals surface area contributed by atoms with Crippen LogP contribution < -0.4 is 5.73 Å². The van der Waals surface area contributed by atoms with Crippen molar-refractivity contribution in [2.24, 2.45) is 5.73 Å². The highest BCUT2D eigenvalue weighted by Crippen LogP contribution is 2.05. The van der Waals surface area contributed by atoms with E-state index in [9.17, 15) is 4.39 Å². The SMILES string of the molecule is NC(/C=C/c1cccc(F)c1)CO. The van der Waals surface area contributed by atoms with Crippen LogP contribution in [0, 0.1) is 5.82 Å². The number of halogens is 1. The molecular weight excluding hydrogens is 169 g/mol. The molecule has 0 spiro atoms. The minimum Gasteiger partial charge on any atom is -0.394 e. The minimum absolute atomic E-state index is 0.105. The third-order valence-electron chi connectivity index (χ3n) is 1.60. The van der Waals surface area contributed by atoms with Crippen molar-refractivity contribution < 1.29 is 9.50 Å². The molecule has 0 fully saturated rings. The van der Waals surface area contributed by atoms with Crippen molar-refractivity contribution in [3.8, 4) is 0 Å². The Hall–Kier alpha value is -1.19. The van der Waals surface area contributed by atoms with E-state index < -0.39 is 0 Å². The molecule has 1 aromatic carbocycles. The molecule has 0 bridgehead atoms. The van der Waals surface area contributed by atoms with Gasteiger partial charge in [0.2, 0.25) is 0 Å². The van der Waals surface area contributed by atoms with Crippen molar-refractivity contribution in [2.75, 3.05) is 6.61 Å². The highest BCUT2D eigenvalue weighted by molar-refractivity contribution is 5.49. The molecule has 0 aromatic heterocycles. The zero-order valence-electron chi connectivity index (χ0n) is 7.15. The molecule has 13 heavy (non-hydrogen) atoms. The summed E-state index contributed by atoms with van der Waals surface area (Å²) in [6.07, 6.45) is 3.32. The average molecular weight is 181 g/mol. The van der Waals surface area contributed by atoms with Crippen LogP contribution in [0.5, 0.6) is 0 Å². The molecule has 0 aliphatic heterocycles. The molecule has 1 aromatic rings. The highest BCUT2D eigenvalue weighted by atomic mass is 19.1. The first kappa shape index (κ1) is 9.89. The van der Waals surface area contributed by atoms with Crippen molar-refractivity contribution in [2.45, 2.75) is 6.04 Å². The van der Waals surface area contributed by atoms with E-state index in [-0.39, 0.29) is 18.5 Å². The van der Waals surface area contributed by atoms with Gasteiger partial charge in [-0.1, -0.05) is 24.3 Å². The van der Waals surface area contributed by atoms with E-state index in [1.54, 1.807) is 24.3 Å². The van der Waals surface area contributed by atoms with Crippen molar-refractivity contribution in [1.82, 2.24) is 0 Å². The van der Waals surface area contributed by atoms with E-state index in [0.29, 0.717) is 0 Å². The maximum Gasteiger partial charge on any atom is 0.123 e. The van der Waals surface area contributed by atoms with Crippen LogP contribution >= 0.6 is 0 Å². The van der Waals surface area contributed by atoms with Crippen LogP contribution in [-0.4, -0.2) is 17.8 Å². The second-order valence-electron chi connectivity index (χ2n) is 2.76. The van der Waals surface area contributed by atoms with Gasteiger partial charge in [-0.05, 0) is 17.7 Å². The van der Waals surface area contributed by atoms with Crippen molar-refractivity contribution in [3.63, 3.8) is 0 Å². The van der Waals surface area contributed by atoms with E-state index >= 15 is 0 Å². The van der Waals surface area contributed by atoms with Crippen LogP contribution in [0.15, 0.2) is 30.3 Å². The zero-order chi connectivity index (χ0) is 9.68. The van der Waals surface area contributed by atoms with Crippen molar-refractivity contribution in [3.05, 3.63) is 41.7 Å². The number of hydrogen-bond donors (Lipinski definition) is 2. The average Bonchev–Trinajstić information content (AvgIpc) is 2.14. The summed E-state index contributed by atoms with van der Waals surface area (Å²) in [5, 5.41) is 8.62. The summed E-state index contributed by atoms with van der Waals surface area (Å²) < 4.78 is 12.7. The first-order valence-electron chi connectivity index (χ1n) is 4.02. The van der Waals surface area contributed by atoms with E-state index in [1.165, 1.54) is 12.1 Å². The molecule has 0 saturated carbocycles. The van der Waals surface area contributed by atoms with Gasteiger partial charge in [0.1, 0.15) is 5.82 Å². The Morgan fingerprint density at radius 3 is 2.92 bits per heavy atom. The second kappa shape index (κ2) is 4.74. The van der Waals surface area contributed by atoms with Crippen molar-refractivity contribution in [1.29, 1.82) is 0 Å². The summed E-state index contributed by atoms with van der Waals surface area (Å²) >= 11 is 0. The topological polar surface area (TPSA) is 46.2 Å². The predicted octanol–water partition coefficient (Wildman–Crippen LogP) is 1.16. The summed E-state index contributed by atoms with van der Waals surface area (Å²) in [5.74, 6) is -0.278. The molecule has 1 unspecified atom stereocenters. The number of nitrogens with two attached hydrogens (primary N) is 1. The Kier molecular flexibility index (Phi) is 3.61. The molecule has 0 radical (unpaired) electrons. The van der Waals surface area contributed by atoms with Gasteiger partial charge < -0.3 is 10.8 Å². The fourth-order valence-electron chi connectivity index (χ4n) is 0.906. The van der Waals surface area contributed by atoms with Crippen LogP contribution in [-0.2, 0) is 0 Å². The molecule has 3 N–H and O–H groups in total. The lowest BCUT2D eigenvalue weighted by Gasteiger charge is -1.99. The van der Waals surface area contributed by atoms with Gasteiger partial charge in [-0.2, -0.15) is 0 Å². The molecule has 1 rings (SSSR count). The van der Waals surface area contributed by atoms with Crippen LogP contribution in [0.25, 0.3) is 6.08 Å². The van der Waals surface area contributed by atoms with Gasteiger partial charge in [-0.15, -0.1) is 0 Å². The van der Waals surface area contributed by atoms with Gasteiger partial charge >= 0.3 is 0 Å². The van der Waals surface area contributed by atoms with Gasteiger partial charge in [-0.3, -0.25) is 0 Å². The maximum absolute atomic E-state index is 12.7. The third-order valence-corrected chi connectivity index (χ3v) is 1.60. The molecule has 0 heterocycles. The van der Waals surface area contributed by atoms with Crippen LogP contribution in [0.3, 0.4) is 0 Å². The van der Waals surface area contributed by atoms with E-state index in [0.717, 1.165) is 5.56 Å². The highest BCUT2D eigenvalue weighted by Gasteiger charge is 1.93. The lowest BCUT2D eigenvalue weighted by molar-refractivity contribution is 0.284. The van der Waals surface area contributed by atoms with Crippen LogP contribution in [0.1, 0.15) is 5.56 Å². The Morgan fingerprint density at radius 1 is 1.54 bits per heavy atom. The second-order valence-corrected chi connectivity index (χ2v) is 2.76. The number of aliphatic hydroxyl groups is 1. The first-order chi connectivity index (χ1) is 6.22. The number of benzene rings is 1. The lowest BCUT2D eigenvalue weighted by Crippen LogP contribution is -2.20. The molecule has 0 amide bonds. The monoisotopic (exact) mass is 181 g/mol. The standard InChI is InChI=1S/C10H12FNO/c11-9-3-1-2-8(6-9)4-5-10(12)7-13/h1-6,10,13H,7,12H2/b5-4+. The Bertz CT molecular complexity index is 299. The van der Waals surface area contributed by atoms with Gasteiger partial charge in [0.05, 0.1) is 6.61 Å². The van der Waals surface area contributed by atoms with Crippen molar-refractivity contribution >= 4 is 6.08 Å². The van der Waals surface area contributed by atoms with Gasteiger partial charge in [0, 0.05) is 6.04 Å². The largest absolute Gasteiger partial charge is 0.394 e. The van der Waals surface area contributed by atoms with E-state index in [1.807, 2.05) is 0 Å². The van der Waals surface area contributed by atoms with Crippen LogP contribution in [0.4, 0.5) is 4.39 Å². The molecular formula is C10H12FNO. The molecule has 1 atom stereocenters. The molecule has 0 aliphatic carbocycles. The number of hydrogen-bond acceptors (Lipinski definition) is 2. The third kappa shape index (κ3) is 3.36. The normalized spacial score (nSPS) is 13.5. The maximum atomic E-state index is 12.7. The molecule has 0 aliphatic rings. The van der Waals surface area contributed by atoms with Gasteiger partial charge in [0.15, 0.2) is 0 Å². The lowest BCUT2D eigenvalue weighted by atomic mass is 10.2. The molecule has 3 heteroatoms. The molecule has 2 nitrogen and oxygen atoms in total. The van der Waals surface area contributed by atoms with Gasteiger partial charge in [-0.25, -0.2) is 4.39 Å². The molecule has 70 valence electrons. The van der Waals surface area contributed by atoms with Crippen LogP contribution in [0.2, 0.25) is 0 Å². The van der Waals surface area contributed by atoms with E-state index in [2.05, 4.69) is 0 Å². The van der Waals surface area contributed by atoms with E-state index in [4.69, 9.17) is 10.8 Å². The quantitative estimate of drug-likeness (QED) is 0.735. The summed E-state index contributed by atoms with van der Waals surface area (Å²) in [4.78, 5) is 0. The Morgan fingerprint density at radius 2 is 2.31 bits per heavy atom. The summed E-state index contributed by atoms with van der Waals surface area (Å²) in [7, 11) is 0. The smallest absolute Gasteiger partial charge is 0.123 e. The zero-order valence-corrected chi connectivity index (χ0v) is 7.15. The molecule has 0 saturated heterocycles. The summed E-state index contributed by atoms with van der Waals surface area (Å²) in [5.41, 5.74) is 6.17.